The van der Waals surface area contributed by atoms with Crippen LogP contribution in [0.15, 0.2) is 42.6 Å². The topological polar surface area (TPSA) is 171 Å². The van der Waals surface area contributed by atoms with E-state index in [1.807, 2.05) is 6.07 Å². The van der Waals surface area contributed by atoms with Crippen molar-refractivity contribution in [1.82, 2.24) is 29.5 Å². The van der Waals surface area contributed by atoms with Crippen LogP contribution in [0.25, 0.3) is 16.9 Å². The normalized spacial score (nSPS) is 13.0. The molecule has 0 saturated carbocycles. The van der Waals surface area contributed by atoms with E-state index < -0.39 is 12.1 Å². The Kier molecular flexibility index (Phi) is 10.4. The fraction of sp³-hybridized carbons (Fsp3) is 0.269. The van der Waals surface area contributed by atoms with Crippen molar-refractivity contribution in [2.45, 2.75) is 6.18 Å². The van der Waals surface area contributed by atoms with Gasteiger partial charge >= 0.3 is 12.1 Å². The molecule has 4 aromatic rings. The molecular weight excluding hydrogens is 630 g/mol. The zero-order chi connectivity index (χ0) is 31.9. The molecule has 3 N–H and O–H groups in total. The Labute approximate surface area is 257 Å². The van der Waals surface area contributed by atoms with Gasteiger partial charge in [0.1, 0.15) is 11.9 Å². The third kappa shape index (κ3) is 8.22. The lowest BCUT2D eigenvalue weighted by atomic mass is 10.1. The van der Waals surface area contributed by atoms with Gasteiger partial charge in [0.2, 0.25) is 11.8 Å². The number of carbonyl (C=O) groups excluding carboxylic acids is 1. The molecule has 230 valence electrons. The number of alkyl halides is 3. The summed E-state index contributed by atoms with van der Waals surface area (Å²) in [6.45, 7) is 2.88. The summed E-state index contributed by atoms with van der Waals surface area (Å²) < 4.78 is 38.6. The Morgan fingerprint density at radius 2 is 1.77 bits per heavy atom. The fourth-order valence-corrected chi connectivity index (χ4v) is 4.27. The fourth-order valence-electron chi connectivity index (χ4n) is 3.77. The van der Waals surface area contributed by atoms with Crippen molar-refractivity contribution in [1.29, 1.82) is 5.26 Å². The lowest BCUT2D eigenvalue weighted by Gasteiger charge is -2.25. The van der Waals surface area contributed by atoms with Gasteiger partial charge in [-0.15, -0.1) is 5.10 Å². The summed E-state index contributed by atoms with van der Waals surface area (Å²) in [6.07, 6.45) is -3.58. The Hall–Kier alpha value is -4.72. The summed E-state index contributed by atoms with van der Waals surface area (Å²) in [6, 6.07) is 12.3. The standard InChI is InChI=1S/C24H21Cl2N9O2.C2HF3O2/c25-16-2-3-17(18(26)11-16)19-12-21-32-22(23(36)34-7-9-37-10-8-34)33-35(21)24(31-19)29-6-5-28-20-4-1-15(13-27)14-30-20;3-2(4,5)1(6)7/h1-4,11-12,14H,5-10H2,(H,28,30)(H,29,31);(H,6,7). The Bertz CT molecular complexity index is 1690. The molecular formula is C26H22Cl2F3N9O4. The van der Waals surface area contributed by atoms with Gasteiger partial charge in [0, 0.05) is 49.0 Å². The Balaban J connectivity index is 0.000000566. The minimum absolute atomic E-state index is 0.0750. The minimum Gasteiger partial charge on any atom is -0.475 e. The summed E-state index contributed by atoms with van der Waals surface area (Å²) in [7, 11) is 0. The predicted octanol–water partition coefficient (Wildman–Crippen LogP) is 3.99. The third-order valence-electron chi connectivity index (χ3n) is 5.87. The number of pyridine rings is 1. The van der Waals surface area contributed by atoms with Crippen LogP contribution >= 0.6 is 23.2 Å². The van der Waals surface area contributed by atoms with Crippen LogP contribution in [0.4, 0.5) is 24.9 Å². The molecule has 1 aromatic carbocycles. The number of amides is 1. The molecule has 1 amide bonds. The highest BCUT2D eigenvalue weighted by Gasteiger charge is 2.38. The monoisotopic (exact) mass is 651 g/mol. The van der Waals surface area contributed by atoms with Gasteiger partial charge in [0.05, 0.1) is 29.5 Å². The molecule has 0 unspecified atom stereocenters. The minimum atomic E-state index is -5.08. The zero-order valence-electron chi connectivity index (χ0n) is 22.5. The van der Waals surface area contributed by atoms with E-state index in [0.29, 0.717) is 83.7 Å². The zero-order valence-corrected chi connectivity index (χ0v) is 24.0. The number of nitrogens with zero attached hydrogens (tertiary/aromatic N) is 7. The lowest BCUT2D eigenvalue weighted by Crippen LogP contribution is -2.41. The maximum absolute atomic E-state index is 13.0. The average Bonchev–Trinajstić information content (AvgIpc) is 3.44. The molecule has 0 spiro atoms. The highest BCUT2D eigenvalue weighted by atomic mass is 35.5. The van der Waals surface area contributed by atoms with E-state index in [1.54, 1.807) is 41.3 Å². The van der Waals surface area contributed by atoms with Crippen LogP contribution in [0, 0.1) is 11.3 Å². The highest BCUT2D eigenvalue weighted by Crippen LogP contribution is 2.30. The van der Waals surface area contributed by atoms with Crippen molar-refractivity contribution in [2.24, 2.45) is 0 Å². The maximum atomic E-state index is 13.0. The number of carbonyl (C=O) groups is 2. The quantitative estimate of drug-likeness (QED) is 0.247. The van der Waals surface area contributed by atoms with Crippen molar-refractivity contribution in [3.05, 3.63) is 64.0 Å². The van der Waals surface area contributed by atoms with E-state index in [4.69, 9.17) is 48.1 Å². The largest absolute Gasteiger partial charge is 0.490 e. The number of benzene rings is 1. The second kappa shape index (κ2) is 14.2. The van der Waals surface area contributed by atoms with Crippen molar-refractivity contribution in [3.8, 4) is 17.3 Å². The molecule has 0 aliphatic carbocycles. The van der Waals surface area contributed by atoms with E-state index >= 15 is 0 Å². The van der Waals surface area contributed by atoms with Crippen molar-refractivity contribution in [3.63, 3.8) is 0 Å². The van der Waals surface area contributed by atoms with Gasteiger partial charge in [-0.05, 0) is 30.3 Å². The lowest BCUT2D eigenvalue weighted by molar-refractivity contribution is -0.192. The maximum Gasteiger partial charge on any atom is 0.490 e. The smallest absolute Gasteiger partial charge is 0.475 e. The number of ether oxygens (including phenoxy) is 1. The van der Waals surface area contributed by atoms with Crippen LogP contribution in [0.3, 0.4) is 0 Å². The number of fused-ring (bicyclic) bond motifs is 1. The number of nitrogens with one attached hydrogen (secondary N) is 2. The summed E-state index contributed by atoms with van der Waals surface area (Å²) in [4.78, 5) is 37.0. The van der Waals surface area contributed by atoms with Crippen LogP contribution in [0.5, 0.6) is 0 Å². The van der Waals surface area contributed by atoms with E-state index in [1.165, 1.54) is 10.7 Å². The first-order valence-corrected chi connectivity index (χ1v) is 13.5. The molecule has 1 aliphatic heterocycles. The van der Waals surface area contributed by atoms with Gasteiger partial charge in [-0.25, -0.2) is 19.7 Å². The summed E-state index contributed by atoms with van der Waals surface area (Å²) in [5, 5.41) is 27.9. The number of rotatable bonds is 7. The number of carboxylic acids is 1. The number of hydrogen-bond donors (Lipinski definition) is 3. The number of anilines is 2. The van der Waals surface area contributed by atoms with Crippen LogP contribution in [0.1, 0.15) is 16.2 Å². The number of carboxylic acid groups (broad SMARTS) is 1. The molecule has 13 nitrogen and oxygen atoms in total. The van der Waals surface area contributed by atoms with Gasteiger partial charge < -0.3 is 25.4 Å². The number of morpholine rings is 1. The SMILES string of the molecule is N#Cc1ccc(NCCNc2nc(-c3ccc(Cl)cc3Cl)cc3nc(C(=O)N4CCOCC4)nn23)nc1.O=C(O)C(F)(F)F. The van der Waals surface area contributed by atoms with Gasteiger partial charge in [0.15, 0.2) is 5.65 Å². The van der Waals surface area contributed by atoms with Crippen LogP contribution < -0.4 is 10.6 Å². The number of aliphatic carboxylic acids is 1. The number of aromatic nitrogens is 5. The molecule has 0 bridgehead atoms. The average molecular weight is 652 g/mol. The summed E-state index contributed by atoms with van der Waals surface area (Å²) in [5.74, 6) is -1.92. The molecule has 4 heterocycles. The Morgan fingerprint density at radius 3 is 2.39 bits per heavy atom. The first kappa shape index (κ1) is 32.2. The molecule has 0 radical (unpaired) electrons. The Morgan fingerprint density at radius 1 is 1.07 bits per heavy atom. The highest BCUT2D eigenvalue weighted by molar-refractivity contribution is 6.36. The van der Waals surface area contributed by atoms with Crippen LogP contribution in [0.2, 0.25) is 10.0 Å². The summed E-state index contributed by atoms with van der Waals surface area (Å²) in [5.41, 5.74) is 2.15. The number of halogens is 5. The number of nitriles is 1. The predicted molar refractivity (Wildman–Crippen MR) is 153 cm³/mol. The summed E-state index contributed by atoms with van der Waals surface area (Å²) >= 11 is 12.5. The van der Waals surface area contributed by atoms with Crippen LogP contribution in [-0.4, -0.2) is 92.0 Å². The molecule has 1 saturated heterocycles. The van der Waals surface area contributed by atoms with Crippen molar-refractivity contribution >= 4 is 52.5 Å². The van der Waals surface area contributed by atoms with Crippen LogP contribution in [-0.2, 0) is 9.53 Å². The number of hydrogen-bond acceptors (Lipinski definition) is 10. The van der Waals surface area contributed by atoms with Gasteiger partial charge in [-0.2, -0.15) is 22.9 Å². The second-order valence-corrected chi connectivity index (χ2v) is 9.74. The molecule has 1 fully saturated rings. The van der Waals surface area contributed by atoms with Gasteiger partial charge in [0.25, 0.3) is 5.91 Å². The van der Waals surface area contributed by atoms with Gasteiger partial charge in [-0.1, -0.05) is 23.2 Å². The molecule has 0 atom stereocenters. The molecule has 3 aromatic heterocycles. The molecule has 18 heteroatoms. The van der Waals surface area contributed by atoms with Crippen molar-refractivity contribution in [2.75, 3.05) is 50.0 Å². The molecule has 44 heavy (non-hydrogen) atoms. The molecule has 5 rings (SSSR count). The molecule has 1 aliphatic rings. The second-order valence-electron chi connectivity index (χ2n) is 8.90. The third-order valence-corrected chi connectivity index (χ3v) is 6.42. The first-order chi connectivity index (χ1) is 21.0. The first-order valence-electron chi connectivity index (χ1n) is 12.7. The van der Waals surface area contributed by atoms with Gasteiger partial charge in [-0.3, -0.25) is 4.79 Å². The van der Waals surface area contributed by atoms with E-state index in [2.05, 4.69) is 25.7 Å². The van der Waals surface area contributed by atoms with E-state index in [9.17, 15) is 18.0 Å². The van der Waals surface area contributed by atoms with Crippen molar-refractivity contribution < 1.29 is 32.6 Å². The van der Waals surface area contributed by atoms with E-state index in [0.717, 1.165) is 0 Å². The van der Waals surface area contributed by atoms with E-state index in [-0.39, 0.29) is 11.7 Å².